The smallest absolute Gasteiger partial charge is 0.236 e. The predicted octanol–water partition coefficient (Wildman–Crippen LogP) is 2.05. The van der Waals surface area contributed by atoms with Gasteiger partial charge in [-0.25, -0.2) is 0 Å². The molecule has 0 atom stereocenters. The molecule has 0 aromatic heterocycles. The van der Waals surface area contributed by atoms with Gasteiger partial charge in [-0.1, -0.05) is 29.8 Å². The topological polar surface area (TPSA) is 32.3 Å². The number of likely N-dealkylation sites (tertiary alicyclic amines) is 1. The van der Waals surface area contributed by atoms with Crippen LogP contribution in [0.15, 0.2) is 24.3 Å². The molecule has 1 N–H and O–H groups in total. The number of nitrogens with zero attached hydrogens (tertiary/aromatic N) is 1. The Labute approximate surface area is 107 Å². The third kappa shape index (κ3) is 3.45. The molecule has 2 rings (SSSR count). The minimum absolute atomic E-state index is 0.189. The molecule has 1 heterocycles. The van der Waals surface area contributed by atoms with Gasteiger partial charge in [-0.2, -0.15) is 0 Å². The van der Waals surface area contributed by atoms with Gasteiger partial charge >= 0.3 is 0 Å². The number of halogens is 1. The van der Waals surface area contributed by atoms with Crippen LogP contribution in [0.25, 0.3) is 0 Å². The number of nitrogens with one attached hydrogen (secondary N) is 1. The Hall–Kier alpha value is -1.06. The fourth-order valence-electron chi connectivity index (χ4n) is 2.02. The van der Waals surface area contributed by atoms with Crippen LogP contribution in [0.2, 0.25) is 5.02 Å². The number of carbonyl (C=O) groups is 1. The van der Waals surface area contributed by atoms with Crippen LogP contribution in [-0.2, 0) is 11.3 Å². The summed E-state index contributed by atoms with van der Waals surface area (Å²) < 4.78 is 0. The van der Waals surface area contributed by atoms with E-state index in [1.165, 1.54) is 0 Å². The maximum absolute atomic E-state index is 11.8. The molecular formula is C13H17ClN2O. The SMILES string of the molecule is O=C(CNCc1ccccc1Cl)N1CCCC1. The number of hydrogen-bond donors (Lipinski definition) is 1. The first-order valence-electron chi connectivity index (χ1n) is 5.99. The molecule has 3 nitrogen and oxygen atoms in total. The third-order valence-corrected chi connectivity index (χ3v) is 3.38. The summed E-state index contributed by atoms with van der Waals surface area (Å²) in [6.07, 6.45) is 2.27. The van der Waals surface area contributed by atoms with Gasteiger partial charge in [0.1, 0.15) is 0 Å². The summed E-state index contributed by atoms with van der Waals surface area (Å²) in [5.74, 6) is 0.189. The minimum atomic E-state index is 0.189. The highest BCUT2D eigenvalue weighted by molar-refractivity contribution is 6.31. The Bertz CT molecular complexity index is 389. The number of rotatable bonds is 4. The van der Waals surface area contributed by atoms with Gasteiger partial charge in [-0.05, 0) is 24.5 Å². The molecule has 1 amide bonds. The molecule has 1 fully saturated rings. The molecule has 1 aliphatic rings. The molecule has 0 spiro atoms. The molecule has 0 saturated carbocycles. The highest BCUT2D eigenvalue weighted by Gasteiger charge is 2.16. The summed E-state index contributed by atoms with van der Waals surface area (Å²) in [6.45, 7) is 2.85. The maximum atomic E-state index is 11.8. The molecule has 0 radical (unpaired) electrons. The Morgan fingerprint density at radius 1 is 1.29 bits per heavy atom. The summed E-state index contributed by atoms with van der Waals surface area (Å²) in [6, 6.07) is 7.68. The van der Waals surface area contributed by atoms with Crippen molar-refractivity contribution in [3.63, 3.8) is 0 Å². The van der Waals surface area contributed by atoms with E-state index in [0.717, 1.165) is 36.5 Å². The van der Waals surface area contributed by atoms with Gasteiger partial charge in [0.05, 0.1) is 6.54 Å². The zero-order valence-corrected chi connectivity index (χ0v) is 10.5. The van der Waals surface area contributed by atoms with Crippen molar-refractivity contribution in [2.45, 2.75) is 19.4 Å². The van der Waals surface area contributed by atoms with Crippen LogP contribution in [0.4, 0.5) is 0 Å². The lowest BCUT2D eigenvalue weighted by Crippen LogP contribution is -2.36. The lowest BCUT2D eigenvalue weighted by Gasteiger charge is -2.15. The van der Waals surface area contributed by atoms with Crippen molar-refractivity contribution in [2.24, 2.45) is 0 Å². The zero-order chi connectivity index (χ0) is 12.1. The lowest BCUT2D eigenvalue weighted by molar-refractivity contribution is -0.129. The fourth-order valence-corrected chi connectivity index (χ4v) is 2.23. The molecule has 92 valence electrons. The second-order valence-electron chi connectivity index (χ2n) is 4.28. The summed E-state index contributed by atoms with van der Waals surface area (Å²) in [7, 11) is 0. The van der Waals surface area contributed by atoms with E-state index in [4.69, 9.17) is 11.6 Å². The van der Waals surface area contributed by atoms with Gasteiger partial charge in [0, 0.05) is 24.7 Å². The number of benzene rings is 1. The molecule has 0 aliphatic carbocycles. The van der Waals surface area contributed by atoms with Gasteiger partial charge in [-0.15, -0.1) is 0 Å². The van der Waals surface area contributed by atoms with Crippen LogP contribution < -0.4 is 5.32 Å². The van der Waals surface area contributed by atoms with E-state index in [9.17, 15) is 4.79 Å². The third-order valence-electron chi connectivity index (χ3n) is 3.01. The lowest BCUT2D eigenvalue weighted by atomic mass is 10.2. The maximum Gasteiger partial charge on any atom is 0.236 e. The molecule has 4 heteroatoms. The molecule has 1 aliphatic heterocycles. The molecule has 0 bridgehead atoms. The first-order valence-corrected chi connectivity index (χ1v) is 6.37. The summed E-state index contributed by atoms with van der Waals surface area (Å²) in [5, 5.41) is 3.89. The van der Waals surface area contributed by atoms with Crippen molar-refractivity contribution in [2.75, 3.05) is 19.6 Å². The predicted molar refractivity (Wildman–Crippen MR) is 69.0 cm³/mol. The molecule has 17 heavy (non-hydrogen) atoms. The first-order chi connectivity index (χ1) is 8.27. The minimum Gasteiger partial charge on any atom is -0.342 e. The average molecular weight is 253 g/mol. The van der Waals surface area contributed by atoms with Crippen molar-refractivity contribution in [1.29, 1.82) is 0 Å². The zero-order valence-electron chi connectivity index (χ0n) is 9.79. The van der Waals surface area contributed by atoms with E-state index < -0.39 is 0 Å². The highest BCUT2D eigenvalue weighted by atomic mass is 35.5. The van der Waals surface area contributed by atoms with E-state index in [1.54, 1.807) is 0 Å². The number of hydrogen-bond acceptors (Lipinski definition) is 2. The Kier molecular flexibility index (Phi) is 4.40. The van der Waals surface area contributed by atoms with Gasteiger partial charge in [-0.3, -0.25) is 4.79 Å². The fraction of sp³-hybridized carbons (Fsp3) is 0.462. The van der Waals surface area contributed by atoms with Crippen molar-refractivity contribution < 1.29 is 4.79 Å². The van der Waals surface area contributed by atoms with E-state index in [-0.39, 0.29) is 5.91 Å². The van der Waals surface area contributed by atoms with E-state index in [1.807, 2.05) is 29.2 Å². The molecular weight excluding hydrogens is 236 g/mol. The van der Waals surface area contributed by atoms with Crippen molar-refractivity contribution in [1.82, 2.24) is 10.2 Å². The molecule has 0 unspecified atom stereocenters. The average Bonchev–Trinajstić information content (AvgIpc) is 2.85. The van der Waals surface area contributed by atoms with Gasteiger partial charge < -0.3 is 10.2 Å². The Morgan fingerprint density at radius 3 is 2.71 bits per heavy atom. The normalized spacial score (nSPS) is 15.2. The molecule has 1 aromatic carbocycles. The molecule has 1 saturated heterocycles. The molecule has 1 aromatic rings. The van der Waals surface area contributed by atoms with Crippen LogP contribution >= 0.6 is 11.6 Å². The van der Waals surface area contributed by atoms with Gasteiger partial charge in [0.2, 0.25) is 5.91 Å². The number of amides is 1. The summed E-state index contributed by atoms with van der Waals surface area (Å²) in [5.41, 5.74) is 1.03. The summed E-state index contributed by atoms with van der Waals surface area (Å²) in [4.78, 5) is 13.7. The Balaban J connectivity index is 1.76. The van der Waals surface area contributed by atoms with Crippen LogP contribution in [-0.4, -0.2) is 30.4 Å². The van der Waals surface area contributed by atoms with Crippen LogP contribution in [0.1, 0.15) is 18.4 Å². The van der Waals surface area contributed by atoms with Gasteiger partial charge in [0.25, 0.3) is 0 Å². The monoisotopic (exact) mass is 252 g/mol. The van der Waals surface area contributed by atoms with Crippen molar-refractivity contribution in [3.05, 3.63) is 34.9 Å². The Morgan fingerprint density at radius 2 is 2.00 bits per heavy atom. The van der Waals surface area contributed by atoms with Gasteiger partial charge in [0.15, 0.2) is 0 Å². The standard InChI is InChI=1S/C13H17ClN2O/c14-12-6-2-1-5-11(12)9-15-10-13(17)16-7-3-4-8-16/h1-2,5-6,15H,3-4,7-10H2. The quantitative estimate of drug-likeness (QED) is 0.890. The van der Waals surface area contributed by atoms with E-state index in [2.05, 4.69) is 5.32 Å². The number of carbonyl (C=O) groups excluding carboxylic acids is 1. The second kappa shape index (κ2) is 6.03. The first kappa shape index (κ1) is 12.4. The second-order valence-corrected chi connectivity index (χ2v) is 4.69. The van der Waals surface area contributed by atoms with E-state index in [0.29, 0.717) is 13.1 Å². The van der Waals surface area contributed by atoms with E-state index >= 15 is 0 Å². The van der Waals surface area contributed by atoms with Crippen LogP contribution in [0, 0.1) is 0 Å². The highest BCUT2D eigenvalue weighted by Crippen LogP contribution is 2.14. The van der Waals surface area contributed by atoms with Crippen LogP contribution in [0.3, 0.4) is 0 Å². The van der Waals surface area contributed by atoms with Crippen molar-refractivity contribution >= 4 is 17.5 Å². The largest absolute Gasteiger partial charge is 0.342 e. The summed E-state index contributed by atoms with van der Waals surface area (Å²) >= 11 is 6.03. The van der Waals surface area contributed by atoms with Crippen molar-refractivity contribution in [3.8, 4) is 0 Å². The van der Waals surface area contributed by atoms with Crippen LogP contribution in [0.5, 0.6) is 0 Å².